The van der Waals surface area contributed by atoms with E-state index in [1.807, 2.05) is 45.6 Å². The average Bonchev–Trinajstić information content (AvgIpc) is 2.65. The number of carbonyl (C=O) groups excluding carboxylic acids is 1. The smallest absolute Gasteiger partial charge is 0.407 e. The molecule has 2 N–H and O–H groups in total. The maximum atomic E-state index is 11.7. The van der Waals surface area contributed by atoms with Crippen LogP contribution in [0.5, 0.6) is 0 Å². The van der Waals surface area contributed by atoms with Crippen molar-refractivity contribution in [2.24, 2.45) is 13.0 Å². The molecule has 1 amide bonds. The van der Waals surface area contributed by atoms with E-state index in [-0.39, 0.29) is 12.1 Å². The highest BCUT2D eigenvalue weighted by atomic mass is 16.6. The van der Waals surface area contributed by atoms with E-state index in [2.05, 4.69) is 29.6 Å². The van der Waals surface area contributed by atoms with Crippen LogP contribution in [0, 0.1) is 12.8 Å². The Hall–Kier alpha value is -1.56. The van der Waals surface area contributed by atoms with Gasteiger partial charge in [0.2, 0.25) is 0 Å². The SMILES string of the molecule is Cc1nn(C)cc1CNC(CNC(=O)OC(C)(C)C)C(C)C. The van der Waals surface area contributed by atoms with Gasteiger partial charge in [-0.05, 0) is 33.6 Å². The van der Waals surface area contributed by atoms with Crippen molar-refractivity contribution in [3.63, 3.8) is 0 Å². The number of carbonyl (C=O) groups is 1. The van der Waals surface area contributed by atoms with Crippen LogP contribution in [-0.4, -0.2) is 34.1 Å². The molecule has 126 valence electrons. The number of aromatic nitrogens is 2. The number of rotatable bonds is 6. The molecule has 1 unspecified atom stereocenters. The summed E-state index contributed by atoms with van der Waals surface area (Å²) in [7, 11) is 1.92. The molecule has 0 spiro atoms. The lowest BCUT2D eigenvalue weighted by atomic mass is 10.0. The van der Waals surface area contributed by atoms with Crippen molar-refractivity contribution >= 4 is 6.09 Å². The lowest BCUT2D eigenvalue weighted by molar-refractivity contribution is 0.0519. The van der Waals surface area contributed by atoms with Gasteiger partial charge in [0.05, 0.1) is 5.69 Å². The van der Waals surface area contributed by atoms with Crippen LogP contribution < -0.4 is 10.6 Å². The third-order valence-electron chi connectivity index (χ3n) is 3.34. The molecule has 1 aromatic heterocycles. The van der Waals surface area contributed by atoms with Crippen LogP contribution in [0.3, 0.4) is 0 Å². The Morgan fingerprint density at radius 1 is 1.41 bits per heavy atom. The molecule has 0 aliphatic rings. The maximum Gasteiger partial charge on any atom is 0.407 e. The van der Waals surface area contributed by atoms with Gasteiger partial charge in [0.1, 0.15) is 5.60 Å². The standard InChI is InChI=1S/C16H30N4O2/c1-11(2)14(9-18-15(21)22-16(4,5)6)17-8-13-10-20(7)19-12(13)3/h10-11,14,17H,8-9H2,1-7H3,(H,18,21). The number of nitrogens with zero attached hydrogens (tertiary/aromatic N) is 2. The second kappa shape index (κ2) is 7.63. The van der Waals surface area contributed by atoms with Gasteiger partial charge in [0, 0.05) is 37.9 Å². The zero-order valence-corrected chi connectivity index (χ0v) is 14.9. The van der Waals surface area contributed by atoms with E-state index in [1.165, 1.54) is 5.56 Å². The fourth-order valence-electron chi connectivity index (χ4n) is 2.11. The third-order valence-corrected chi connectivity index (χ3v) is 3.34. The summed E-state index contributed by atoms with van der Waals surface area (Å²) in [4.78, 5) is 11.7. The van der Waals surface area contributed by atoms with Crippen LogP contribution in [0.15, 0.2) is 6.20 Å². The van der Waals surface area contributed by atoms with Crippen molar-refractivity contribution < 1.29 is 9.53 Å². The summed E-state index contributed by atoms with van der Waals surface area (Å²) >= 11 is 0. The largest absolute Gasteiger partial charge is 0.444 e. The van der Waals surface area contributed by atoms with Crippen molar-refractivity contribution in [3.05, 3.63) is 17.5 Å². The Balaban J connectivity index is 2.49. The van der Waals surface area contributed by atoms with Gasteiger partial charge in [-0.3, -0.25) is 4.68 Å². The van der Waals surface area contributed by atoms with Crippen molar-refractivity contribution in [3.8, 4) is 0 Å². The Morgan fingerprint density at radius 2 is 2.05 bits per heavy atom. The van der Waals surface area contributed by atoms with Crippen molar-refractivity contribution in [1.29, 1.82) is 0 Å². The summed E-state index contributed by atoms with van der Waals surface area (Å²) in [5.41, 5.74) is 1.72. The van der Waals surface area contributed by atoms with Gasteiger partial charge in [-0.25, -0.2) is 4.79 Å². The van der Waals surface area contributed by atoms with Gasteiger partial charge < -0.3 is 15.4 Å². The fourth-order valence-corrected chi connectivity index (χ4v) is 2.11. The quantitative estimate of drug-likeness (QED) is 0.846. The van der Waals surface area contributed by atoms with Crippen molar-refractivity contribution in [1.82, 2.24) is 20.4 Å². The Bertz CT molecular complexity index is 489. The van der Waals surface area contributed by atoms with Gasteiger partial charge in [0.15, 0.2) is 0 Å². The second-order valence-corrected chi connectivity index (χ2v) is 7.03. The van der Waals surface area contributed by atoms with Gasteiger partial charge in [-0.15, -0.1) is 0 Å². The minimum absolute atomic E-state index is 0.173. The molecule has 0 fully saturated rings. The molecule has 22 heavy (non-hydrogen) atoms. The molecule has 1 heterocycles. The number of amides is 1. The molecular formula is C16H30N4O2. The summed E-state index contributed by atoms with van der Waals surface area (Å²) in [6.07, 6.45) is 1.64. The molecule has 0 saturated carbocycles. The second-order valence-electron chi connectivity index (χ2n) is 7.03. The molecule has 0 aromatic carbocycles. The number of aryl methyl sites for hydroxylation is 2. The van der Waals surface area contributed by atoms with Crippen LogP contribution in [0.25, 0.3) is 0 Å². The van der Waals surface area contributed by atoms with E-state index in [0.29, 0.717) is 12.5 Å². The number of nitrogens with one attached hydrogen (secondary N) is 2. The minimum atomic E-state index is -0.475. The van der Waals surface area contributed by atoms with Gasteiger partial charge in [0.25, 0.3) is 0 Å². The summed E-state index contributed by atoms with van der Waals surface area (Å²) in [5.74, 6) is 0.395. The molecule has 0 radical (unpaired) electrons. The predicted molar refractivity (Wildman–Crippen MR) is 87.6 cm³/mol. The molecule has 0 bridgehead atoms. The molecule has 0 aliphatic carbocycles. The Kier molecular flexibility index (Phi) is 6.41. The van der Waals surface area contributed by atoms with Crippen LogP contribution in [-0.2, 0) is 18.3 Å². The van der Waals surface area contributed by atoms with Crippen LogP contribution in [0.4, 0.5) is 4.79 Å². The van der Waals surface area contributed by atoms with Gasteiger partial charge >= 0.3 is 6.09 Å². The number of alkyl carbamates (subject to hydrolysis) is 1. The van der Waals surface area contributed by atoms with Crippen LogP contribution in [0.1, 0.15) is 45.9 Å². The summed E-state index contributed by atoms with van der Waals surface area (Å²) in [6.45, 7) is 13.1. The van der Waals surface area contributed by atoms with Crippen LogP contribution in [0.2, 0.25) is 0 Å². The summed E-state index contributed by atoms with van der Waals surface area (Å²) in [6, 6.07) is 0.173. The Labute approximate surface area is 133 Å². The van der Waals surface area contributed by atoms with Crippen molar-refractivity contribution in [2.45, 2.75) is 59.7 Å². The monoisotopic (exact) mass is 310 g/mol. The predicted octanol–water partition coefficient (Wildman–Crippen LogP) is 2.37. The van der Waals surface area contributed by atoms with Gasteiger partial charge in [-0.1, -0.05) is 13.8 Å². The first-order valence-corrected chi connectivity index (χ1v) is 7.78. The van der Waals surface area contributed by atoms with E-state index < -0.39 is 5.60 Å². The van der Waals surface area contributed by atoms with E-state index in [9.17, 15) is 4.79 Å². The molecule has 1 rings (SSSR count). The van der Waals surface area contributed by atoms with Crippen LogP contribution >= 0.6 is 0 Å². The molecule has 0 saturated heterocycles. The normalized spacial score (nSPS) is 13.3. The van der Waals surface area contributed by atoms with E-state index >= 15 is 0 Å². The summed E-state index contributed by atoms with van der Waals surface area (Å²) < 4.78 is 7.08. The summed E-state index contributed by atoms with van der Waals surface area (Å²) in [5, 5.41) is 10.7. The molecule has 1 atom stereocenters. The maximum absolute atomic E-state index is 11.7. The highest BCUT2D eigenvalue weighted by Gasteiger charge is 2.19. The van der Waals surface area contributed by atoms with Gasteiger partial charge in [-0.2, -0.15) is 5.10 Å². The first-order chi connectivity index (χ1) is 10.1. The first kappa shape index (κ1) is 18.5. The molecular weight excluding hydrogens is 280 g/mol. The number of ether oxygens (including phenoxy) is 1. The molecule has 0 aliphatic heterocycles. The lowest BCUT2D eigenvalue weighted by Crippen LogP contribution is -2.45. The highest BCUT2D eigenvalue weighted by Crippen LogP contribution is 2.09. The van der Waals surface area contributed by atoms with E-state index in [0.717, 1.165) is 12.2 Å². The lowest BCUT2D eigenvalue weighted by Gasteiger charge is -2.24. The molecule has 1 aromatic rings. The average molecular weight is 310 g/mol. The van der Waals surface area contributed by atoms with E-state index in [4.69, 9.17) is 4.74 Å². The van der Waals surface area contributed by atoms with E-state index in [1.54, 1.807) is 0 Å². The molecule has 6 heteroatoms. The van der Waals surface area contributed by atoms with Crippen molar-refractivity contribution in [2.75, 3.05) is 6.54 Å². The zero-order valence-electron chi connectivity index (χ0n) is 14.9. The third kappa shape index (κ3) is 6.47. The Morgan fingerprint density at radius 3 is 2.50 bits per heavy atom. The fraction of sp³-hybridized carbons (Fsp3) is 0.750. The number of hydrogen-bond acceptors (Lipinski definition) is 4. The molecule has 6 nitrogen and oxygen atoms in total. The first-order valence-electron chi connectivity index (χ1n) is 7.78. The zero-order chi connectivity index (χ0) is 16.9. The highest BCUT2D eigenvalue weighted by molar-refractivity contribution is 5.67. The topological polar surface area (TPSA) is 68.2 Å². The number of hydrogen-bond donors (Lipinski definition) is 2. The minimum Gasteiger partial charge on any atom is -0.444 e.